The first-order valence-corrected chi connectivity index (χ1v) is 28.4. The Bertz CT molecular complexity index is 3170. The van der Waals surface area contributed by atoms with E-state index in [1.807, 2.05) is 116 Å². The summed E-state index contributed by atoms with van der Waals surface area (Å²) in [7, 11) is 6.24. The fourth-order valence-corrected chi connectivity index (χ4v) is 11.2. The van der Waals surface area contributed by atoms with E-state index in [9.17, 15) is 19.2 Å². The zero-order valence-corrected chi connectivity index (χ0v) is 49.4. The Morgan fingerprint density at radius 1 is 0.537 bits per heavy atom. The van der Waals surface area contributed by atoms with Crippen molar-refractivity contribution >= 4 is 57.3 Å². The van der Waals surface area contributed by atoms with Crippen molar-refractivity contribution in [2.45, 2.75) is 137 Å². The van der Waals surface area contributed by atoms with Crippen molar-refractivity contribution in [3.8, 4) is 11.5 Å². The molecule has 0 N–H and O–H groups in total. The summed E-state index contributed by atoms with van der Waals surface area (Å²) < 4.78 is 35.8. The summed E-state index contributed by atoms with van der Waals surface area (Å²) in [6, 6.07) is 21.8. The average Bonchev–Trinajstić information content (AvgIpc) is 4.24. The molecule has 0 bridgehead atoms. The topological polar surface area (TPSA) is 146 Å². The largest absolute Gasteiger partial charge is 0.496 e. The molecule has 430 valence electrons. The summed E-state index contributed by atoms with van der Waals surface area (Å²) in [5, 5.41) is 2.06. The van der Waals surface area contributed by atoms with E-state index in [1.165, 1.54) is 45.5 Å². The first-order chi connectivity index (χ1) is 38.2. The molecule has 1 atom stereocenters. The van der Waals surface area contributed by atoms with Crippen LogP contribution in [0.1, 0.15) is 147 Å². The molecular weight excluding hydrogens is 1010 g/mol. The summed E-state index contributed by atoms with van der Waals surface area (Å²) in [6.07, 6.45) is 12.4. The minimum Gasteiger partial charge on any atom is -0.496 e. The third kappa shape index (κ3) is 13.7. The summed E-state index contributed by atoms with van der Waals surface area (Å²) >= 11 is 0. The van der Waals surface area contributed by atoms with Gasteiger partial charge >= 0.3 is 24.1 Å². The van der Waals surface area contributed by atoms with Gasteiger partial charge in [-0.05, 0) is 185 Å². The van der Waals surface area contributed by atoms with Crippen molar-refractivity contribution < 1.29 is 47.6 Å². The summed E-state index contributed by atoms with van der Waals surface area (Å²) in [6.45, 7) is 24.2. The number of carbonyl (C=O) groups is 4. The van der Waals surface area contributed by atoms with Crippen molar-refractivity contribution in [2.75, 3.05) is 84.1 Å². The molecule has 0 saturated carbocycles. The molecule has 6 heterocycles. The zero-order chi connectivity index (χ0) is 57.5. The van der Waals surface area contributed by atoms with E-state index in [2.05, 4.69) is 30.4 Å². The maximum atomic E-state index is 13.1. The minimum absolute atomic E-state index is 0.199. The smallest absolute Gasteiger partial charge is 0.419 e. The molecule has 10 rings (SSSR count). The molecule has 80 heavy (non-hydrogen) atoms. The molecule has 0 aliphatic carbocycles. The Balaban J connectivity index is 0.000000178. The van der Waals surface area contributed by atoms with Crippen molar-refractivity contribution in [3.05, 3.63) is 118 Å². The number of benzene rings is 4. The third-order valence-corrected chi connectivity index (χ3v) is 15.4. The van der Waals surface area contributed by atoms with E-state index in [4.69, 9.17) is 23.7 Å². The molecular formula is C64H84N6O10. The van der Waals surface area contributed by atoms with Crippen LogP contribution in [0.25, 0.3) is 21.8 Å². The number of hydrogen-bond donors (Lipinski definition) is 0. The standard InChI is InChI=1S/C32H41N3O5.C21H30N2O3.C11H13NO2/c1-21-18-28(38-5)25(23-13-17-35(29(21)23)31(37)40-32(2,3)4)20-34-14-8-7-10-26(34)24-12-11-22(30(36)39-6)19-27(24)33-15-9-16-33;1-15-13-18(25-5)17(14-22-10-7-6-8-11-22)16-9-12-23(19(15)16)20(24)26-21(2,3)4;1-14-11(13)9-4-2-5-10(8-9)12-6-3-7-12/h11-13,17-19,26H,7-10,14-16,20H2,1-6H3;9,12-13H,6-8,10-11,14H2,1-5H3;2,4-5,8H,3,6-7H2,1H3. The molecule has 4 aliphatic rings. The number of nitrogens with zero attached hydrogens (tertiary/aromatic N) is 6. The molecule has 1 unspecified atom stereocenters. The molecule has 16 heteroatoms. The molecule has 4 aliphatic heterocycles. The fraction of sp³-hybridized carbons (Fsp3) is 0.500. The third-order valence-electron chi connectivity index (χ3n) is 15.4. The highest BCUT2D eigenvalue weighted by molar-refractivity contribution is 5.96. The van der Waals surface area contributed by atoms with Crippen LogP contribution >= 0.6 is 0 Å². The van der Waals surface area contributed by atoms with Gasteiger partial charge in [0.2, 0.25) is 0 Å². The van der Waals surface area contributed by atoms with E-state index < -0.39 is 11.2 Å². The molecule has 4 saturated heterocycles. The van der Waals surface area contributed by atoms with E-state index in [-0.39, 0.29) is 30.2 Å². The highest BCUT2D eigenvalue weighted by Gasteiger charge is 2.32. The van der Waals surface area contributed by atoms with Gasteiger partial charge in [-0.1, -0.05) is 25.0 Å². The van der Waals surface area contributed by atoms with Crippen LogP contribution in [0.2, 0.25) is 0 Å². The Morgan fingerprint density at radius 3 is 1.54 bits per heavy atom. The molecule has 0 amide bonds. The molecule has 4 fully saturated rings. The molecule has 0 spiro atoms. The van der Waals surface area contributed by atoms with E-state index in [0.717, 1.165) is 145 Å². The van der Waals surface area contributed by atoms with E-state index in [0.29, 0.717) is 17.7 Å². The second kappa shape index (κ2) is 25.6. The van der Waals surface area contributed by atoms with Gasteiger partial charge < -0.3 is 38.2 Å². The Kier molecular flexibility index (Phi) is 18.9. The van der Waals surface area contributed by atoms with Crippen LogP contribution in [0, 0.1) is 13.8 Å². The quantitative estimate of drug-likeness (QED) is 0.0895. The number of aromatic nitrogens is 2. The molecule has 0 radical (unpaired) electrons. The monoisotopic (exact) mass is 1100 g/mol. The lowest BCUT2D eigenvalue weighted by Gasteiger charge is -2.41. The number of fused-ring (bicyclic) bond motifs is 2. The van der Waals surface area contributed by atoms with Gasteiger partial charge in [-0.15, -0.1) is 0 Å². The maximum Gasteiger partial charge on any atom is 0.419 e. The second-order valence-corrected chi connectivity index (χ2v) is 23.4. The van der Waals surface area contributed by atoms with Crippen molar-refractivity contribution in [3.63, 3.8) is 0 Å². The lowest BCUT2D eigenvalue weighted by atomic mass is 9.91. The molecule has 6 aromatic rings. The van der Waals surface area contributed by atoms with Crippen LogP contribution in [0.5, 0.6) is 11.5 Å². The number of anilines is 2. The minimum atomic E-state index is -0.588. The van der Waals surface area contributed by atoms with Crippen LogP contribution in [0.3, 0.4) is 0 Å². The number of rotatable bonds is 11. The van der Waals surface area contributed by atoms with Crippen LogP contribution in [0.15, 0.2) is 79.1 Å². The lowest BCUT2D eigenvalue weighted by Crippen LogP contribution is -2.40. The van der Waals surface area contributed by atoms with Crippen LogP contribution in [-0.4, -0.2) is 129 Å². The Hall–Kier alpha value is -7.04. The van der Waals surface area contributed by atoms with Crippen LogP contribution in [-0.2, 0) is 32.0 Å². The van der Waals surface area contributed by atoms with Gasteiger partial charge in [-0.25, -0.2) is 19.2 Å². The van der Waals surface area contributed by atoms with Crippen molar-refractivity contribution in [2.24, 2.45) is 0 Å². The number of ether oxygens (including phenoxy) is 6. The van der Waals surface area contributed by atoms with E-state index >= 15 is 0 Å². The normalized spacial score (nSPS) is 16.8. The van der Waals surface area contributed by atoms with Crippen LogP contribution < -0.4 is 19.3 Å². The van der Waals surface area contributed by atoms with Gasteiger partial charge in [0.1, 0.15) is 22.7 Å². The molecule has 4 aromatic carbocycles. The first kappa shape index (κ1) is 59.1. The Labute approximate surface area is 472 Å². The predicted octanol–water partition coefficient (Wildman–Crippen LogP) is 12.9. The van der Waals surface area contributed by atoms with E-state index in [1.54, 1.807) is 35.6 Å². The Morgan fingerprint density at radius 2 is 1.05 bits per heavy atom. The number of likely N-dealkylation sites (tertiary alicyclic amines) is 2. The van der Waals surface area contributed by atoms with Crippen LogP contribution in [0.4, 0.5) is 21.0 Å². The highest BCUT2D eigenvalue weighted by Crippen LogP contribution is 2.42. The van der Waals surface area contributed by atoms with Gasteiger partial charge in [0, 0.05) is 91.0 Å². The fourth-order valence-electron chi connectivity index (χ4n) is 11.2. The summed E-state index contributed by atoms with van der Waals surface area (Å²) in [5.74, 6) is 1.13. The summed E-state index contributed by atoms with van der Waals surface area (Å²) in [5.41, 5.74) is 9.52. The number of methoxy groups -OCH3 is 4. The number of carbonyl (C=O) groups excluding carboxylic acids is 4. The zero-order valence-electron chi connectivity index (χ0n) is 49.4. The number of aryl methyl sites for hydroxylation is 2. The van der Waals surface area contributed by atoms with Gasteiger partial charge in [0.25, 0.3) is 0 Å². The number of esters is 2. The van der Waals surface area contributed by atoms with Gasteiger partial charge in [-0.2, -0.15) is 0 Å². The highest BCUT2D eigenvalue weighted by atomic mass is 16.6. The lowest BCUT2D eigenvalue weighted by molar-refractivity contribution is 0.0533. The van der Waals surface area contributed by atoms with Gasteiger partial charge in [-0.3, -0.25) is 18.9 Å². The van der Waals surface area contributed by atoms with Gasteiger partial charge in [0.15, 0.2) is 0 Å². The predicted molar refractivity (Wildman–Crippen MR) is 315 cm³/mol. The SMILES string of the molecule is COC(=O)c1ccc(C2CCCCN2Cc2c(OC)cc(C)c3c2ccn3C(=O)OC(C)(C)C)c(N2CCC2)c1.COC(=O)c1cccc(N2CCC2)c1.COc1cc(C)c2c(ccn2C(=O)OC(C)(C)C)c1CN1CCCCC1. The average molecular weight is 1100 g/mol. The molecule has 2 aromatic heterocycles. The second-order valence-electron chi connectivity index (χ2n) is 23.4. The van der Waals surface area contributed by atoms with Gasteiger partial charge in [0.05, 0.1) is 50.6 Å². The maximum absolute atomic E-state index is 13.1. The van der Waals surface area contributed by atoms with Crippen molar-refractivity contribution in [1.29, 1.82) is 0 Å². The molecule has 16 nitrogen and oxygen atoms in total. The summed E-state index contributed by atoms with van der Waals surface area (Å²) in [4.78, 5) is 58.9. The van der Waals surface area contributed by atoms with Crippen molar-refractivity contribution in [1.82, 2.24) is 18.9 Å². The number of piperidine rings is 2. The number of hydrogen-bond acceptors (Lipinski definition) is 14. The first-order valence-electron chi connectivity index (χ1n) is 28.4.